The number of hydrogen-bond acceptors (Lipinski definition) is 5. The van der Waals surface area contributed by atoms with Gasteiger partial charge >= 0.3 is 0 Å². The average Bonchev–Trinajstić information content (AvgIpc) is 3.33. The van der Waals surface area contributed by atoms with Crippen molar-refractivity contribution in [2.75, 3.05) is 31.6 Å². The van der Waals surface area contributed by atoms with Crippen LogP contribution in [0.3, 0.4) is 0 Å². The van der Waals surface area contributed by atoms with E-state index in [1.165, 1.54) is 0 Å². The molecule has 1 atom stereocenters. The van der Waals surface area contributed by atoms with E-state index in [0.29, 0.717) is 12.2 Å². The lowest BCUT2D eigenvalue weighted by atomic mass is 10.2. The summed E-state index contributed by atoms with van der Waals surface area (Å²) in [5.41, 5.74) is 1.51. The Bertz CT molecular complexity index is 767. The van der Waals surface area contributed by atoms with E-state index in [-0.39, 0.29) is 12.0 Å². The summed E-state index contributed by atoms with van der Waals surface area (Å²) in [6.07, 6.45) is 5.92. The molecule has 1 unspecified atom stereocenters. The zero-order valence-electron chi connectivity index (χ0n) is 14.8. The number of fused-ring (bicyclic) bond motifs is 1. The summed E-state index contributed by atoms with van der Waals surface area (Å²) in [7, 11) is 3.62. The zero-order chi connectivity index (χ0) is 17.4. The summed E-state index contributed by atoms with van der Waals surface area (Å²) in [6.45, 7) is 4.16. The molecule has 4 heterocycles. The molecule has 0 saturated carbocycles. The molecular weight excluding hydrogens is 320 g/mol. The highest BCUT2D eigenvalue weighted by Crippen LogP contribution is 2.24. The third-order valence-electron chi connectivity index (χ3n) is 5.03. The molecule has 2 aromatic heterocycles. The zero-order valence-corrected chi connectivity index (χ0v) is 14.8. The van der Waals surface area contributed by atoms with Gasteiger partial charge in [-0.3, -0.25) is 19.3 Å². The molecule has 0 spiro atoms. The summed E-state index contributed by atoms with van der Waals surface area (Å²) in [4.78, 5) is 17.3. The second-order valence-electron chi connectivity index (χ2n) is 6.78. The predicted octanol–water partition coefficient (Wildman–Crippen LogP) is 0.888. The molecule has 0 N–H and O–H groups in total. The first kappa shape index (κ1) is 16.3. The molecule has 0 aromatic carbocycles. The number of anilines is 1. The summed E-state index contributed by atoms with van der Waals surface area (Å²) in [6, 6.07) is 1.89. The molecule has 1 saturated heterocycles. The van der Waals surface area contributed by atoms with Crippen LogP contribution in [-0.4, -0.2) is 63.2 Å². The van der Waals surface area contributed by atoms with E-state index in [9.17, 15) is 4.79 Å². The van der Waals surface area contributed by atoms with Crippen molar-refractivity contribution in [1.82, 2.24) is 24.5 Å². The number of rotatable bonds is 4. The number of nitrogens with zero attached hydrogens (tertiary/aromatic N) is 6. The van der Waals surface area contributed by atoms with Crippen molar-refractivity contribution in [2.24, 2.45) is 7.05 Å². The van der Waals surface area contributed by atoms with Crippen LogP contribution in [0.2, 0.25) is 0 Å². The van der Waals surface area contributed by atoms with Gasteiger partial charge in [0, 0.05) is 64.7 Å². The molecule has 0 bridgehead atoms. The minimum atomic E-state index is -0.0421. The van der Waals surface area contributed by atoms with Crippen molar-refractivity contribution in [2.45, 2.75) is 32.0 Å². The van der Waals surface area contributed by atoms with E-state index >= 15 is 0 Å². The Hall–Kier alpha value is -2.19. The van der Waals surface area contributed by atoms with Crippen molar-refractivity contribution < 1.29 is 9.53 Å². The van der Waals surface area contributed by atoms with E-state index in [1.54, 1.807) is 22.9 Å². The number of carbonyl (C=O) groups excluding carboxylic acids is 1. The van der Waals surface area contributed by atoms with Gasteiger partial charge in [0.15, 0.2) is 5.69 Å². The van der Waals surface area contributed by atoms with Gasteiger partial charge in [-0.05, 0) is 12.8 Å². The largest absolute Gasteiger partial charge is 0.380 e. The highest BCUT2D eigenvalue weighted by Gasteiger charge is 2.29. The second-order valence-corrected chi connectivity index (χ2v) is 6.78. The molecule has 1 fully saturated rings. The topological polar surface area (TPSA) is 68.4 Å². The van der Waals surface area contributed by atoms with Crippen molar-refractivity contribution in [1.29, 1.82) is 0 Å². The fourth-order valence-electron chi connectivity index (χ4n) is 3.76. The quantitative estimate of drug-likeness (QED) is 0.824. The molecule has 8 heteroatoms. The lowest BCUT2D eigenvalue weighted by Crippen LogP contribution is -2.38. The fraction of sp³-hybridized carbons (Fsp3) is 0.588. The SMILES string of the molecule is COC1CCN(Cc2cn(C)nc2C(=O)N2CCCn3nccc32)C1. The van der Waals surface area contributed by atoms with Gasteiger partial charge in [-0.2, -0.15) is 10.2 Å². The van der Waals surface area contributed by atoms with E-state index < -0.39 is 0 Å². The van der Waals surface area contributed by atoms with Crippen molar-refractivity contribution in [3.63, 3.8) is 0 Å². The van der Waals surface area contributed by atoms with E-state index in [0.717, 1.165) is 50.4 Å². The van der Waals surface area contributed by atoms with Crippen LogP contribution in [0.5, 0.6) is 0 Å². The maximum absolute atomic E-state index is 13.2. The van der Waals surface area contributed by atoms with Crippen LogP contribution in [0.15, 0.2) is 18.5 Å². The first-order valence-electron chi connectivity index (χ1n) is 8.77. The minimum Gasteiger partial charge on any atom is -0.380 e. The van der Waals surface area contributed by atoms with Crippen molar-refractivity contribution in [3.05, 3.63) is 29.7 Å². The van der Waals surface area contributed by atoms with Crippen molar-refractivity contribution >= 4 is 11.7 Å². The molecule has 4 rings (SSSR count). The van der Waals surface area contributed by atoms with Gasteiger partial charge in [-0.25, -0.2) is 4.68 Å². The standard InChI is InChI=1S/C17H24N6O2/c1-20-10-13(11-21-9-5-14(12-21)25-2)16(19-20)17(24)22-7-3-8-23-15(22)4-6-18-23/h4,6,10,14H,3,5,7-9,11-12H2,1-2H3. The molecule has 2 aliphatic heterocycles. The van der Waals surface area contributed by atoms with Gasteiger partial charge in [-0.15, -0.1) is 0 Å². The lowest BCUT2D eigenvalue weighted by Gasteiger charge is -2.27. The Morgan fingerprint density at radius 1 is 1.36 bits per heavy atom. The number of likely N-dealkylation sites (tertiary alicyclic amines) is 1. The number of aryl methyl sites for hydroxylation is 2. The molecule has 2 aromatic rings. The van der Waals surface area contributed by atoms with E-state index in [2.05, 4.69) is 15.1 Å². The first-order valence-corrected chi connectivity index (χ1v) is 8.77. The molecule has 0 radical (unpaired) electrons. The first-order chi connectivity index (χ1) is 12.2. The van der Waals surface area contributed by atoms with Crippen LogP contribution in [0, 0.1) is 0 Å². The number of carbonyl (C=O) groups is 1. The number of aromatic nitrogens is 4. The van der Waals surface area contributed by atoms with Crippen LogP contribution in [-0.2, 0) is 24.9 Å². The van der Waals surface area contributed by atoms with Crippen LogP contribution >= 0.6 is 0 Å². The van der Waals surface area contributed by atoms with Gasteiger partial charge in [-0.1, -0.05) is 0 Å². The predicted molar refractivity (Wildman–Crippen MR) is 92.4 cm³/mol. The molecular formula is C17H24N6O2. The number of methoxy groups -OCH3 is 1. The van der Waals surface area contributed by atoms with Crippen LogP contribution < -0.4 is 4.90 Å². The smallest absolute Gasteiger partial charge is 0.280 e. The molecule has 2 aliphatic rings. The minimum absolute atomic E-state index is 0.0421. The van der Waals surface area contributed by atoms with E-state index in [1.807, 2.05) is 24.0 Å². The van der Waals surface area contributed by atoms with E-state index in [4.69, 9.17) is 4.74 Å². The number of ether oxygens (including phenoxy) is 1. The summed E-state index contributed by atoms with van der Waals surface area (Å²) >= 11 is 0. The molecule has 134 valence electrons. The Kier molecular flexibility index (Phi) is 4.30. The molecule has 1 amide bonds. The Balaban J connectivity index is 1.56. The van der Waals surface area contributed by atoms with Crippen LogP contribution in [0.4, 0.5) is 5.82 Å². The molecule has 0 aliphatic carbocycles. The van der Waals surface area contributed by atoms with Gasteiger partial charge in [0.25, 0.3) is 5.91 Å². The lowest BCUT2D eigenvalue weighted by molar-refractivity contribution is 0.0972. The number of hydrogen-bond donors (Lipinski definition) is 0. The number of amides is 1. The summed E-state index contributed by atoms with van der Waals surface area (Å²) in [5, 5.41) is 8.75. The third-order valence-corrected chi connectivity index (χ3v) is 5.03. The highest BCUT2D eigenvalue weighted by molar-refractivity contribution is 6.05. The molecule has 8 nitrogen and oxygen atoms in total. The maximum Gasteiger partial charge on any atom is 0.280 e. The van der Waals surface area contributed by atoms with Gasteiger partial charge in [0.05, 0.1) is 12.3 Å². The Morgan fingerprint density at radius 2 is 2.24 bits per heavy atom. The van der Waals surface area contributed by atoms with Crippen LogP contribution in [0.1, 0.15) is 28.9 Å². The fourth-order valence-corrected chi connectivity index (χ4v) is 3.76. The van der Waals surface area contributed by atoms with Gasteiger partial charge < -0.3 is 4.74 Å². The Morgan fingerprint density at radius 3 is 3.04 bits per heavy atom. The van der Waals surface area contributed by atoms with Gasteiger partial charge in [0.2, 0.25) is 0 Å². The highest BCUT2D eigenvalue weighted by atomic mass is 16.5. The summed E-state index contributed by atoms with van der Waals surface area (Å²) < 4.78 is 9.05. The normalized spacial score (nSPS) is 20.9. The third kappa shape index (κ3) is 3.07. The van der Waals surface area contributed by atoms with Crippen LogP contribution in [0.25, 0.3) is 0 Å². The summed E-state index contributed by atoms with van der Waals surface area (Å²) in [5.74, 6) is 0.813. The average molecular weight is 344 g/mol. The Labute approximate surface area is 147 Å². The maximum atomic E-state index is 13.2. The monoisotopic (exact) mass is 344 g/mol. The molecule has 25 heavy (non-hydrogen) atoms. The second kappa shape index (κ2) is 6.61. The van der Waals surface area contributed by atoms with Gasteiger partial charge in [0.1, 0.15) is 5.82 Å². The van der Waals surface area contributed by atoms with Crippen molar-refractivity contribution in [3.8, 4) is 0 Å².